The third-order valence-corrected chi connectivity index (χ3v) is 9.57. The number of rotatable bonds is 3. The van der Waals surface area contributed by atoms with Crippen LogP contribution in [-0.4, -0.2) is 11.5 Å². The van der Waals surface area contributed by atoms with E-state index >= 15 is 0 Å². The molecule has 1 aliphatic carbocycles. The summed E-state index contributed by atoms with van der Waals surface area (Å²) in [6, 6.07) is 42.4. The Morgan fingerprint density at radius 2 is 1.25 bits per heavy atom. The summed E-state index contributed by atoms with van der Waals surface area (Å²) >= 11 is 4.21. The largest absolute Gasteiger partial charge is 0.148 e. The molecule has 1 heterocycles. The average molecular weight is 449 g/mol. The van der Waals surface area contributed by atoms with Crippen molar-refractivity contribution >= 4 is 29.1 Å². The molecule has 0 N–H and O–H groups in total. The predicted octanol–water partition coefficient (Wildman–Crippen LogP) is 7.97. The number of benzene rings is 4. The molecule has 1 aliphatic heterocycles. The first-order valence-electron chi connectivity index (χ1n) is 11.2. The van der Waals surface area contributed by atoms with Gasteiger partial charge in [-0.05, 0) is 39.0 Å². The molecule has 0 nitrogen and oxygen atoms in total. The van der Waals surface area contributed by atoms with Crippen molar-refractivity contribution in [3.8, 4) is 0 Å². The minimum Gasteiger partial charge on any atom is -0.148 e. The molecule has 32 heavy (non-hydrogen) atoms. The SMILES string of the molecule is c1ccc(C2=C3[C@H](c4ccccc4)SCCS[C@]3(c3ccccc3)c3ccccc32)cc1. The van der Waals surface area contributed by atoms with Gasteiger partial charge in [0.25, 0.3) is 0 Å². The van der Waals surface area contributed by atoms with Gasteiger partial charge >= 0.3 is 0 Å². The van der Waals surface area contributed by atoms with Crippen molar-refractivity contribution in [2.24, 2.45) is 0 Å². The van der Waals surface area contributed by atoms with E-state index in [1.165, 1.54) is 39.0 Å². The van der Waals surface area contributed by atoms with Gasteiger partial charge in [-0.25, -0.2) is 0 Å². The number of hydrogen-bond donors (Lipinski definition) is 0. The molecule has 156 valence electrons. The van der Waals surface area contributed by atoms with Crippen molar-refractivity contribution in [3.63, 3.8) is 0 Å². The fraction of sp³-hybridized carbons (Fsp3) is 0.133. The minimum absolute atomic E-state index is 0.174. The standard InChI is InChI=1S/C30H24S2/c1-4-12-22(13-5-1)27-25-18-10-11-19-26(25)30(24-16-8-3-9-17-24)28(27)29(31-20-21-32-30)23-14-6-2-7-15-23/h1-19,29H,20-21H2/t29-,30+/m0/s1. The lowest BCUT2D eigenvalue weighted by molar-refractivity contribution is 0.849. The molecule has 6 rings (SSSR count). The van der Waals surface area contributed by atoms with Crippen molar-refractivity contribution in [3.05, 3.63) is 149 Å². The fourth-order valence-corrected chi connectivity index (χ4v) is 8.42. The van der Waals surface area contributed by atoms with Crippen molar-refractivity contribution in [1.82, 2.24) is 0 Å². The Kier molecular flexibility index (Phi) is 5.21. The maximum Gasteiger partial charge on any atom is 0.0896 e. The van der Waals surface area contributed by atoms with Crippen LogP contribution in [0.3, 0.4) is 0 Å². The number of fused-ring (bicyclic) bond motifs is 3. The fourth-order valence-electron chi connectivity index (χ4n) is 5.26. The van der Waals surface area contributed by atoms with E-state index in [-0.39, 0.29) is 4.75 Å². The summed E-state index contributed by atoms with van der Waals surface area (Å²) in [5, 5.41) is 0.314. The van der Waals surface area contributed by atoms with Crippen LogP contribution in [0.4, 0.5) is 0 Å². The van der Waals surface area contributed by atoms with Crippen LogP contribution in [0, 0.1) is 0 Å². The zero-order valence-electron chi connectivity index (χ0n) is 17.8. The van der Waals surface area contributed by atoms with E-state index < -0.39 is 0 Å². The first kappa shape index (κ1) is 20.0. The highest BCUT2D eigenvalue weighted by molar-refractivity contribution is 8.04. The lowest BCUT2D eigenvalue weighted by atomic mass is 9.83. The van der Waals surface area contributed by atoms with Crippen molar-refractivity contribution in [1.29, 1.82) is 0 Å². The van der Waals surface area contributed by atoms with E-state index in [1.807, 2.05) is 0 Å². The van der Waals surface area contributed by atoms with E-state index in [0.29, 0.717) is 5.25 Å². The number of thioether (sulfide) groups is 2. The summed E-state index contributed by atoms with van der Waals surface area (Å²) < 4.78 is -0.174. The highest BCUT2D eigenvalue weighted by atomic mass is 32.2. The molecule has 2 heteroatoms. The van der Waals surface area contributed by atoms with Gasteiger partial charge in [-0.2, -0.15) is 0 Å². The topological polar surface area (TPSA) is 0 Å². The van der Waals surface area contributed by atoms with Crippen LogP contribution in [0.2, 0.25) is 0 Å². The molecule has 4 aromatic carbocycles. The maximum atomic E-state index is 2.36. The van der Waals surface area contributed by atoms with Gasteiger partial charge in [0.1, 0.15) is 0 Å². The van der Waals surface area contributed by atoms with Crippen LogP contribution in [-0.2, 0) is 4.75 Å². The van der Waals surface area contributed by atoms with Crippen LogP contribution < -0.4 is 0 Å². The first-order chi connectivity index (χ1) is 15.9. The molecular formula is C30H24S2. The Labute approximate surface area is 198 Å². The van der Waals surface area contributed by atoms with E-state index in [9.17, 15) is 0 Å². The summed E-state index contributed by atoms with van der Waals surface area (Å²) in [6.07, 6.45) is 0. The smallest absolute Gasteiger partial charge is 0.0896 e. The van der Waals surface area contributed by atoms with Crippen molar-refractivity contribution in [2.75, 3.05) is 11.5 Å². The van der Waals surface area contributed by atoms with Crippen molar-refractivity contribution in [2.45, 2.75) is 10.00 Å². The first-order valence-corrected chi connectivity index (χ1v) is 13.2. The normalized spacial score (nSPS) is 22.2. The molecule has 0 bridgehead atoms. The van der Waals surface area contributed by atoms with Gasteiger partial charge in [0.2, 0.25) is 0 Å². The quantitative estimate of drug-likeness (QED) is 0.312. The Morgan fingerprint density at radius 1 is 0.625 bits per heavy atom. The van der Waals surface area contributed by atoms with Crippen LogP contribution in [0.15, 0.2) is 121 Å². The van der Waals surface area contributed by atoms with Gasteiger partial charge in [0, 0.05) is 11.5 Å². The van der Waals surface area contributed by atoms with Gasteiger partial charge in [-0.3, -0.25) is 0 Å². The zero-order chi connectivity index (χ0) is 21.4. The highest BCUT2D eigenvalue weighted by Gasteiger charge is 2.51. The van der Waals surface area contributed by atoms with Gasteiger partial charge in [-0.15, -0.1) is 23.5 Å². The second-order valence-corrected chi connectivity index (χ2v) is 10.8. The van der Waals surface area contributed by atoms with E-state index in [4.69, 9.17) is 0 Å². The molecule has 0 aromatic heterocycles. The second kappa shape index (κ2) is 8.35. The van der Waals surface area contributed by atoms with E-state index in [1.54, 1.807) is 0 Å². The molecule has 0 amide bonds. The Balaban J connectivity index is 1.74. The predicted molar refractivity (Wildman–Crippen MR) is 140 cm³/mol. The molecule has 2 aliphatic rings. The molecule has 2 atom stereocenters. The minimum atomic E-state index is -0.174. The molecule has 0 spiro atoms. The second-order valence-electron chi connectivity index (χ2n) is 8.26. The summed E-state index contributed by atoms with van der Waals surface area (Å²) in [7, 11) is 0. The summed E-state index contributed by atoms with van der Waals surface area (Å²) in [5.41, 5.74) is 9.88. The Morgan fingerprint density at radius 3 is 2.00 bits per heavy atom. The Bertz CT molecular complexity index is 1260. The molecule has 4 aromatic rings. The molecule has 0 radical (unpaired) electrons. The monoisotopic (exact) mass is 448 g/mol. The third-order valence-electron chi connectivity index (χ3n) is 6.52. The summed E-state index contributed by atoms with van der Waals surface area (Å²) in [4.78, 5) is 0. The highest BCUT2D eigenvalue weighted by Crippen LogP contribution is 2.65. The van der Waals surface area contributed by atoms with Crippen LogP contribution in [0.1, 0.15) is 33.1 Å². The third kappa shape index (κ3) is 3.09. The molecule has 0 unspecified atom stereocenters. The van der Waals surface area contributed by atoms with Crippen LogP contribution >= 0.6 is 23.5 Å². The molecule has 1 fully saturated rings. The lowest BCUT2D eigenvalue weighted by Gasteiger charge is -2.36. The van der Waals surface area contributed by atoms with Gasteiger partial charge in [0.15, 0.2) is 0 Å². The van der Waals surface area contributed by atoms with Gasteiger partial charge in [0.05, 0.1) is 10.00 Å². The van der Waals surface area contributed by atoms with E-state index in [0.717, 1.165) is 11.5 Å². The van der Waals surface area contributed by atoms with E-state index in [2.05, 4.69) is 139 Å². The van der Waals surface area contributed by atoms with Crippen LogP contribution in [0.5, 0.6) is 0 Å². The van der Waals surface area contributed by atoms with Crippen molar-refractivity contribution < 1.29 is 0 Å². The maximum absolute atomic E-state index is 2.36. The lowest BCUT2D eigenvalue weighted by Crippen LogP contribution is -2.26. The zero-order valence-corrected chi connectivity index (χ0v) is 19.4. The summed E-state index contributed by atoms with van der Waals surface area (Å²) in [6.45, 7) is 0. The van der Waals surface area contributed by atoms with Gasteiger partial charge < -0.3 is 0 Å². The number of hydrogen-bond acceptors (Lipinski definition) is 2. The average Bonchev–Trinajstić information content (AvgIpc) is 3.02. The van der Waals surface area contributed by atoms with Crippen LogP contribution in [0.25, 0.3) is 5.57 Å². The van der Waals surface area contributed by atoms with Gasteiger partial charge in [-0.1, -0.05) is 115 Å². The Hall–Kier alpha value is -2.68. The molecule has 1 saturated heterocycles. The molecular weight excluding hydrogens is 424 g/mol. The molecule has 0 saturated carbocycles. The summed E-state index contributed by atoms with van der Waals surface area (Å²) in [5.74, 6) is 2.27.